The largest absolute Gasteiger partial charge is 0.507 e. The molecule has 1 unspecified atom stereocenters. The fourth-order valence-corrected chi connectivity index (χ4v) is 2.90. The quantitative estimate of drug-likeness (QED) is 0.280. The summed E-state index contributed by atoms with van der Waals surface area (Å²) < 4.78 is 22.5. The van der Waals surface area contributed by atoms with E-state index in [0.29, 0.717) is 32.0 Å². The fraction of sp³-hybridized carbons (Fsp3) is 0.529. The molecule has 0 aromatic heterocycles. The van der Waals surface area contributed by atoms with Gasteiger partial charge in [0.05, 0.1) is 17.9 Å². The van der Waals surface area contributed by atoms with E-state index >= 15 is 0 Å². The molecule has 0 bridgehead atoms. The number of sulfone groups is 1. The predicted octanol–water partition coefficient (Wildman–Crippen LogP) is 0.500. The van der Waals surface area contributed by atoms with Gasteiger partial charge in [0.15, 0.2) is 5.96 Å². The molecule has 9 heteroatoms. The Labute approximate surface area is 155 Å². The standard InChI is InChI=1S/C17H28N4O4S/c1-4-18-17(21-13(2)9-12-26(3,24)25)20-11-10-19-16(23)14-7-5-6-8-15(14)22/h5-8,13,22H,4,9-12H2,1-3H3,(H,19,23)(H2,18,20,21). The highest BCUT2D eigenvalue weighted by molar-refractivity contribution is 7.90. The summed E-state index contributed by atoms with van der Waals surface area (Å²) in [6.45, 7) is 5.13. The minimum atomic E-state index is -3.00. The smallest absolute Gasteiger partial charge is 0.255 e. The number of aliphatic imine (C=N–C) groups is 1. The zero-order valence-electron chi connectivity index (χ0n) is 15.4. The van der Waals surface area contributed by atoms with Crippen LogP contribution in [0.4, 0.5) is 0 Å². The van der Waals surface area contributed by atoms with Gasteiger partial charge in [-0.1, -0.05) is 12.1 Å². The van der Waals surface area contributed by atoms with Crippen LogP contribution in [0.2, 0.25) is 0 Å². The van der Waals surface area contributed by atoms with E-state index in [9.17, 15) is 18.3 Å². The first kappa shape index (κ1) is 21.8. The summed E-state index contributed by atoms with van der Waals surface area (Å²) >= 11 is 0. The number of para-hydroxylation sites is 1. The summed E-state index contributed by atoms with van der Waals surface area (Å²) in [5.41, 5.74) is 0.218. The van der Waals surface area contributed by atoms with E-state index in [-0.39, 0.29) is 29.0 Å². The Morgan fingerprint density at radius 1 is 1.27 bits per heavy atom. The molecule has 0 saturated carbocycles. The van der Waals surface area contributed by atoms with Crippen molar-refractivity contribution < 1.29 is 18.3 Å². The highest BCUT2D eigenvalue weighted by atomic mass is 32.2. The number of rotatable bonds is 9. The zero-order valence-corrected chi connectivity index (χ0v) is 16.3. The van der Waals surface area contributed by atoms with Gasteiger partial charge in [0.1, 0.15) is 15.6 Å². The lowest BCUT2D eigenvalue weighted by molar-refractivity contribution is 0.0952. The SMILES string of the molecule is CCNC(=NCCNC(=O)c1ccccc1O)NC(C)CCS(C)(=O)=O. The molecule has 1 atom stereocenters. The number of carbonyl (C=O) groups is 1. The molecule has 0 heterocycles. The number of hydrogen-bond acceptors (Lipinski definition) is 5. The number of nitrogens with zero attached hydrogens (tertiary/aromatic N) is 1. The second kappa shape index (κ2) is 10.6. The van der Waals surface area contributed by atoms with E-state index in [0.717, 1.165) is 0 Å². The number of benzene rings is 1. The molecule has 26 heavy (non-hydrogen) atoms. The Hall–Kier alpha value is -2.29. The molecule has 1 aromatic carbocycles. The molecule has 0 aliphatic heterocycles. The molecule has 146 valence electrons. The molecular formula is C17H28N4O4S. The Bertz CT molecular complexity index is 719. The molecule has 0 spiro atoms. The number of carbonyl (C=O) groups excluding carboxylic acids is 1. The van der Waals surface area contributed by atoms with Crippen LogP contribution < -0.4 is 16.0 Å². The lowest BCUT2D eigenvalue weighted by atomic mass is 10.2. The molecule has 0 aliphatic carbocycles. The second-order valence-electron chi connectivity index (χ2n) is 6.00. The average molecular weight is 385 g/mol. The Morgan fingerprint density at radius 3 is 2.58 bits per heavy atom. The van der Waals surface area contributed by atoms with Crippen molar-refractivity contribution in [3.05, 3.63) is 29.8 Å². The van der Waals surface area contributed by atoms with Crippen LogP contribution >= 0.6 is 0 Å². The maximum Gasteiger partial charge on any atom is 0.255 e. The average Bonchev–Trinajstić information content (AvgIpc) is 2.56. The third-order valence-corrected chi connectivity index (χ3v) is 4.44. The summed E-state index contributed by atoms with van der Waals surface area (Å²) in [6, 6.07) is 6.27. The van der Waals surface area contributed by atoms with E-state index in [1.54, 1.807) is 18.2 Å². The molecule has 1 aromatic rings. The van der Waals surface area contributed by atoms with Gasteiger partial charge in [0.25, 0.3) is 5.91 Å². The predicted molar refractivity (Wildman–Crippen MR) is 103 cm³/mol. The minimum Gasteiger partial charge on any atom is -0.507 e. The van der Waals surface area contributed by atoms with Crippen LogP contribution in [0.1, 0.15) is 30.6 Å². The number of hydrogen-bond donors (Lipinski definition) is 4. The van der Waals surface area contributed by atoms with Crippen molar-refractivity contribution in [1.29, 1.82) is 0 Å². The van der Waals surface area contributed by atoms with Crippen LogP contribution in [0.15, 0.2) is 29.3 Å². The number of nitrogens with one attached hydrogen (secondary N) is 3. The van der Waals surface area contributed by atoms with E-state index in [1.165, 1.54) is 12.3 Å². The molecule has 0 radical (unpaired) electrons. The van der Waals surface area contributed by atoms with Crippen LogP contribution in [-0.4, -0.2) is 63.1 Å². The number of phenolic OH excluding ortho intramolecular Hbond substituents is 1. The monoisotopic (exact) mass is 384 g/mol. The third-order valence-electron chi connectivity index (χ3n) is 3.46. The van der Waals surface area contributed by atoms with Crippen LogP contribution in [0.25, 0.3) is 0 Å². The van der Waals surface area contributed by atoms with Crippen LogP contribution in [0.5, 0.6) is 5.75 Å². The van der Waals surface area contributed by atoms with Gasteiger partial charge in [-0.25, -0.2) is 8.42 Å². The van der Waals surface area contributed by atoms with Gasteiger partial charge in [0, 0.05) is 25.4 Å². The van der Waals surface area contributed by atoms with Crippen LogP contribution in [-0.2, 0) is 9.84 Å². The van der Waals surface area contributed by atoms with Gasteiger partial charge in [-0.05, 0) is 32.4 Å². The molecule has 4 N–H and O–H groups in total. The number of amides is 1. The molecule has 1 rings (SSSR count). The normalized spacial score (nSPS) is 13.1. The lowest BCUT2D eigenvalue weighted by Crippen LogP contribution is -2.43. The lowest BCUT2D eigenvalue weighted by Gasteiger charge is -2.17. The summed E-state index contributed by atoms with van der Waals surface area (Å²) in [6.07, 6.45) is 1.69. The Balaban J connectivity index is 2.48. The van der Waals surface area contributed by atoms with Crippen molar-refractivity contribution in [2.75, 3.05) is 31.6 Å². The maximum absolute atomic E-state index is 12.0. The van der Waals surface area contributed by atoms with Gasteiger partial charge in [0.2, 0.25) is 0 Å². The summed E-state index contributed by atoms with van der Waals surface area (Å²) in [4.78, 5) is 16.3. The van der Waals surface area contributed by atoms with E-state index in [2.05, 4.69) is 20.9 Å². The van der Waals surface area contributed by atoms with Crippen LogP contribution in [0, 0.1) is 0 Å². The van der Waals surface area contributed by atoms with Crippen LogP contribution in [0.3, 0.4) is 0 Å². The van der Waals surface area contributed by atoms with Gasteiger partial charge in [-0.15, -0.1) is 0 Å². The van der Waals surface area contributed by atoms with E-state index in [4.69, 9.17) is 0 Å². The van der Waals surface area contributed by atoms with Crippen molar-refractivity contribution in [2.45, 2.75) is 26.3 Å². The highest BCUT2D eigenvalue weighted by Gasteiger charge is 2.10. The highest BCUT2D eigenvalue weighted by Crippen LogP contribution is 2.14. The molecule has 1 amide bonds. The second-order valence-corrected chi connectivity index (χ2v) is 8.26. The number of aromatic hydroxyl groups is 1. The summed E-state index contributed by atoms with van der Waals surface area (Å²) in [5.74, 6) is 0.239. The topological polar surface area (TPSA) is 120 Å². The summed E-state index contributed by atoms with van der Waals surface area (Å²) in [5, 5.41) is 18.6. The minimum absolute atomic E-state index is 0.0571. The first-order valence-electron chi connectivity index (χ1n) is 8.51. The molecule has 8 nitrogen and oxygen atoms in total. The van der Waals surface area contributed by atoms with Crippen molar-refractivity contribution in [2.24, 2.45) is 4.99 Å². The summed E-state index contributed by atoms with van der Waals surface area (Å²) in [7, 11) is -3.00. The first-order chi connectivity index (χ1) is 12.2. The molecule has 0 fully saturated rings. The van der Waals surface area contributed by atoms with Gasteiger partial charge in [-0.2, -0.15) is 0 Å². The maximum atomic E-state index is 12.0. The molecule has 0 saturated heterocycles. The van der Waals surface area contributed by atoms with Crippen molar-refractivity contribution in [3.8, 4) is 5.75 Å². The number of guanidine groups is 1. The van der Waals surface area contributed by atoms with Gasteiger partial charge >= 0.3 is 0 Å². The zero-order chi connectivity index (χ0) is 19.6. The Morgan fingerprint density at radius 2 is 1.96 bits per heavy atom. The fourth-order valence-electron chi connectivity index (χ4n) is 2.11. The molecule has 0 aliphatic rings. The third kappa shape index (κ3) is 8.70. The van der Waals surface area contributed by atoms with Gasteiger partial charge in [-0.3, -0.25) is 9.79 Å². The van der Waals surface area contributed by atoms with Gasteiger partial charge < -0.3 is 21.1 Å². The first-order valence-corrected chi connectivity index (χ1v) is 10.6. The van der Waals surface area contributed by atoms with Crippen molar-refractivity contribution in [1.82, 2.24) is 16.0 Å². The van der Waals surface area contributed by atoms with Crippen molar-refractivity contribution >= 4 is 21.7 Å². The Kier molecular flexibility index (Phi) is 8.91. The number of phenols is 1. The molecular weight excluding hydrogens is 356 g/mol. The van der Waals surface area contributed by atoms with E-state index in [1.807, 2.05) is 13.8 Å². The van der Waals surface area contributed by atoms with Crippen molar-refractivity contribution in [3.63, 3.8) is 0 Å². The van der Waals surface area contributed by atoms with E-state index < -0.39 is 9.84 Å².